The first-order valence-corrected chi connectivity index (χ1v) is 7.39. The van der Waals surface area contributed by atoms with E-state index in [2.05, 4.69) is 0 Å². The Bertz CT molecular complexity index is 412. The van der Waals surface area contributed by atoms with Gasteiger partial charge >= 0.3 is 5.97 Å². The summed E-state index contributed by atoms with van der Waals surface area (Å²) in [6.45, 7) is 6.98. The second kappa shape index (κ2) is 5.14. The second-order valence-electron chi connectivity index (χ2n) is 5.37. The topological polar surface area (TPSA) is 83.9 Å². The number of nitrogens with zero attached hydrogens (tertiary/aromatic N) is 1. The number of hydrogen-bond acceptors (Lipinski definition) is 4. The van der Waals surface area contributed by atoms with Gasteiger partial charge < -0.3 is 9.84 Å². The van der Waals surface area contributed by atoms with Gasteiger partial charge in [-0.3, -0.25) is 4.79 Å². The molecule has 0 radical (unpaired) electrons. The summed E-state index contributed by atoms with van der Waals surface area (Å²) >= 11 is 0. The van der Waals surface area contributed by atoms with Crippen LogP contribution in [0.1, 0.15) is 27.7 Å². The van der Waals surface area contributed by atoms with Crippen molar-refractivity contribution in [3.8, 4) is 0 Å². The Labute approximate surface area is 108 Å². The lowest BCUT2D eigenvalue weighted by atomic mass is 10.0. The minimum atomic E-state index is -3.55. The van der Waals surface area contributed by atoms with Crippen molar-refractivity contribution in [1.82, 2.24) is 4.31 Å². The average molecular weight is 279 g/mol. The Kier molecular flexibility index (Phi) is 4.40. The van der Waals surface area contributed by atoms with Gasteiger partial charge in [-0.25, -0.2) is 8.42 Å². The highest BCUT2D eigenvalue weighted by atomic mass is 32.2. The molecule has 2 atom stereocenters. The van der Waals surface area contributed by atoms with Gasteiger partial charge in [-0.05, 0) is 20.8 Å². The van der Waals surface area contributed by atoms with Gasteiger partial charge in [0.2, 0.25) is 10.0 Å². The molecule has 1 aliphatic rings. The van der Waals surface area contributed by atoms with Crippen molar-refractivity contribution < 1.29 is 23.1 Å². The lowest BCUT2D eigenvalue weighted by Crippen LogP contribution is -2.51. The third-order valence-electron chi connectivity index (χ3n) is 3.13. The Morgan fingerprint density at radius 1 is 1.39 bits per heavy atom. The molecule has 1 saturated heterocycles. The molecular weight excluding hydrogens is 258 g/mol. The molecule has 0 amide bonds. The molecule has 1 heterocycles. The van der Waals surface area contributed by atoms with Crippen LogP contribution in [0, 0.1) is 5.92 Å². The van der Waals surface area contributed by atoms with Gasteiger partial charge in [-0.2, -0.15) is 4.31 Å². The number of carbonyl (C=O) groups is 1. The molecule has 0 bridgehead atoms. The average Bonchev–Trinajstić information content (AvgIpc) is 2.65. The molecule has 1 rings (SSSR count). The van der Waals surface area contributed by atoms with E-state index in [0.717, 1.165) is 0 Å². The highest BCUT2D eigenvalue weighted by molar-refractivity contribution is 7.90. The summed E-state index contributed by atoms with van der Waals surface area (Å²) in [7, 11) is -3.55. The third kappa shape index (κ3) is 2.67. The van der Waals surface area contributed by atoms with Crippen molar-refractivity contribution >= 4 is 16.0 Å². The number of rotatable bonds is 4. The number of sulfonamides is 1. The minimum absolute atomic E-state index is 0.0656. The molecule has 6 nitrogen and oxygen atoms in total. The lowest BCUT2D eigenvalue weighted by molar-refractivity contribution is -0.142. The van der Waals surface area contributed by atoms with E-state index in [1.54, 1.807) is 27.7 Å². The number of carboxylic acid groups (broad SMARTS) is 1. The van der Waals surface area contributed by atoms with E-state index in [9.17, 15) is 13.2 Å². The van der Waals surface area contributed by atoms with E-state index < -0.39 is 32.7 Å². The van der Waals surface area contributed by atoms with Crippen LogP contribution in [-0.2, 0) is 19.6 Å². The molecule has 18 heavy (non-hydrogen) atoms. The predicted molar refractivity (Wildman–Crippen MR) is 66.8 cm³/mol. The lowest BCUT2D eigenvalue weighted by Gasteiger charge is -2.34. The summed E-state index contributed by atoms with van der Waals surface area (Å²) in [5, 5.41) is 9.10. The first-order valence-electron chi connectivity index (χ1n) is 5.95. The van der Waals surface area contributed by atoms with Crippen LogP contribution in [0.5, 0.6) is 0 Å². The summed E-state index contributed by atoms with van der Waals surface area (Å²) in [4.78, 5) is 11.1. The molecule has 7 heteroatoms. The molecule has 0 aromatic carbocycles. The van der Waals surface area contributed by atoms with Gasteiger partial charge in [-0.15, -0.1) is 0 Å². The molecule has 1 fully saturated rings. The van der Waals surface area contributed by atoms with Crippen LogP contribution in [0.2, 0.25) is 0 Å². The van der Waals surface area contributed by atoms with Crippen LogP contribution >= 0.6 is 0 Å². The van der Waals surface area contributed by atoms with Gasteiger partial charge in [0.1, 0.15) is 0 Å². The molecule has 0 saturated carbocycles. The first-order chi connectivity index (χ1) is 8.13. The summed E-state index contributed by atoms with van der Waals surface area (Å²) in [5.74, 6) is -1.80. The third-order valence-corrected chi connectivity index (χ3v) is 5.83. The SMILES string of the molecule is CCN(C1COCC1C(=O)O)S(=O)(=O)C(C)(C)C. The van der Waals surface area contributed by atoms with Crippen LogP contribution in [0.15, 0.2) is 0 Å². The van der Waals surface area contributed by atoms with E-state index in [-0.39, 0.29) is 19.8 Å². The zero-order chi connectivity index (χ0) is 14.1. The molecule has 0 aliphatic carbocycles. The Balaban J connectivity index is 3.08. The largest absolute Gasteiger partial charge is 0.481 e. The summed E-state index contributed by atoms with van der Waals surface area (Å²) < 4.78 is 30.3. The van der Waals surface area contributed by atoms with Gasteiger partial charge in [0, 0.05) is 6.54 Å². The predicted octanol–water partition coefficient (Wildman–Crippen LogP) is 0.536. The second-order valence-corrected chi connectivity index (χ2v) is 8.01. The fourth-order valence-electron chi connectivity index (χ4n) is 2.00. The maximum absolute atomic E-state index is 12.4. The number of ether oxygens (including phenoxy) is 1. The van der Waals surface area contributed by atoms with Crippen LogP contribution in [0.4, 0.5) is 0 Å². The smallest absolute Gasteiger partial charge is 0.310 e. The molecule has 0 aromatic heterocycles. The van der Waals surface area contributed by atoms with Crippen molar-refractivity contribution in [3.63, 3.8) is 0 Å². The summed E-state index contributed by atoms with van der Waals surface area (Å²) in [6, 6.07) is -0.614. The quantitative estimate of drug-likeness (QED) is 0.812. The minimum Gasteiger partial charge on any atom is -0.481 e. The maximum atomic E-state index is 12.4. The van der Waals surface area contributed by atoms with Crippen LogP contribution in [0.25, 0.3) is 0 Å². The van der Waals surface area contributed by atoms with Crippen molar-refractivity contribution in [1.29, 1.82) is 0 Å². The van der Waals surface area contributed by atoms with E-state index in [1.807, 2.05) is 0 Å². The van der Waals surface area contributed by atoms with Gasteiger partial charge in [0.15, 0.2) is 0 Å². The van der Waals surface area contributed by atoms with Crippen molar-refractivity contribution in [2.45, 2.75) is 38.5 Å². The van der Waals surface area contributed by atoms with Gasteiger partial charge in [0.05, 0.1) is 29.9 Å². The zero-order valence-corrected chi connectivity index (χ0v) is 12.0. The molecule has 1 aliphatic heterocycles. The van der Waals surface area contributed by atoms with E-state index in [1.165, 1.54) is 4.31 Å². The van der Waals surface area contributed by atoms with E-state index in [0.29, 0.717) is 0 Å². The van der Waals surface area contributed by atoms with Crippen molar-refractivity contribution in [2.24, 2.45) is 5.92 Å². The summed E-state index contributed by atoms with van der Waals surface area (Å²) in [6.07, 6.45) is 0. The highest BCUT2D eigenvalue weighted by Gasteiger charge is 2.45. The maximum Gasteiger partial charge on any atom is 0.310 e. The molecule has 0 spiro atoms. The standard InChI is InChI=1S/C11H21NO5S/c1-5-12(18(15,16)11(2,3)4)9-7-17-6-8(9)10(13)14/h8-9H,5-7H2,1-4H3,(H,13,14). The van der Waals surface area contributed by atoms with E-state index >= 15 is 0 Å². The monoisotopic (exact) mass is 279 g/mol. The fraction of sp³-hybridized carbons (Fsp3) is 0.909. The molecule has 0 aromatic rings. The number of likely N-dealkylation sites (N-methyl/N-ethyl adjacent to an activating group) is 1. The zero-order valence-electron chi connectivity index (χ0n) is 11.2. The number of aliphatic carboxylic acids is 1. The van der Waals surface area contributed by atoms with Crippen molar-refractivity contribution in [2.75, 3.05) is 19.8 Å². The Morgan fingerprint density at radius 2 is 1.94 bits per heavy atom. The fourth-order valence-corrected chi connectivity index (χ4v) is 3.60. The Hall–Kier alpha value is -0.660. The molecular formula is C11H21NO5S. The molecule has 2 unspecified atom stereocenters. The molecule has 106 valence electrons. The number of carboxylic acids is 1. The van der Waals surface area contributed by atoms with Crippen LogP contribution in [-0.4, -0.2) is 54.3 Å². The van der Waals surface area contributed by atoms with Crippen molar-refractivity contribution in [3.05, 3.63) is 0 Å². The Morgan fingerprint density at radius 3 is 2.33 bits per heavy atom. The summed E-state index contributed by atoms with van der Waals surface area (Å²) in [5.41, 5.74) is 0. The highest BCUT2D eigenvalue weighted by Crippen LogP contribution is 2.28. The van der Waals surface area contributed by atoms with Gasteiger partial charge in [-0.1, -0.05) is 6.92 Å². The van der Waals surface area contributed by atoms with Crippen LogP contribution < -0.4 is 0 Å². The van der Waals surface area contributed by atoms with Gasteiger partial charge in [0.25, 0.3) is 0 Å². The first kappa shape index (κ1) is 15.4. The molecule has 1 N–H and O–H groups in total. The number of hydrogen-bond donors (Lipinski definition) is 1. The van der Waals surface area contributed by atoms with E-state index in [4.69, 9.17) is 9.84 Å². The van der Waals surface area contributed by atoms with Crippen LogP contribution in [0.3, 0.4) is 0 Å². The normalized spacial score (nSPS) is 25.6.